The second-order valence-corrected chi connectivity index (χ2v) is 7.47. The number of carbonyl (C=O) groups excluding carboxylic acids is 2. The highest BCUT2D eigenvalue weighted by Crippen LogP contribution is 2.33. The number of aryl methyl sites for hydroxylation is 4. The van der Waals surface area contributed by atoms with Gasteiger partial charge in [0.25, 0.3) is 5.91 Å². The van der Waals surface area contributed by atoms with E-state index in [2.05, 4.69) is 15.8 Å². The molecule has 8 heteroatoms. The number of rotatable bonds is 5. The molecule has 2 amide bonds. The maximum absolute atomic E-state index is 14.3. The van der Waals surface area contributed by atoms with E-state index in [1.54, 1.807) is 0 Å². The van der Waals surface area contributed by atoms with Crippen molar-refractivity contribution in [2.24, 2.45) is 0 Å². The molecule has 2 N–H and O–H groups in total. The molecule has 0 aliphatic heterocycles. The summed E-state index contributed by atoms with van der Waals surface area (Å²) in [7, 11) is 0. The van der Waals surface area contributed by atoms with Crippen molar-refractivity contribution in [3.05, 3.63) is 69.2 Å². The van der Waals surface area contributed by atoms with Gasteiger partial charge >= 0.3 is 0 Å². The van der Waals surface area contributed by atoms with Gasteiger partial charge in [-0.15, -0.1) is 0 Å². The van der Waals surface area contributed by atoms with E-state index in [4.69, 9.17) is 16.1 Å². The molecule has 0 aliphatic carbocycles. The van der Waals surface area contributed by atoms with Gasteiger partial charge in [0.15, 0.2) is 0 Å². The number of nitrogens with one attached hydrogen (secondary N) is 2. The summed E-state index contributed by atoms with van der Waals surface area (Å²) in [5.74, 6) is -1.45. The van der Waals surface area contributed by atoms with Crippen LogP contribution < -0.4 is 10.6 Å². The van der Waals surface area contributed by atoms with Crippen molar-refractivity contribution >= 4 is 29.1 Å². The van der Waals surface area contributed by atoms with Crippen molar-refractivity contribution in [2.45, 2.75) is 27.7 Å². The number of amides is 2. The average molecular weight is 430 g/mol. The fourth-order valence-electron chi connectivity index (χ4n) is 3.34. The smallest absolute Gasteiger partial charge is 0.257 e. The highest BCUT2D eigenvalue weighted by molar-refractivity contribution is 6.33. The molecule has 1 heterocycles. The first kappa shape index (κ1) is 21.5. The van der Waals surface area contributed by atoms with Gasteiger partial charge in [0.05, 0.1) is 17.1 Å². The number of anilines is 1. The van der Waals surface area contributed by atoms with Crippen LogP contribution in [0.25, 0.3) is 11.3 Å². The first-order valence-corrected chi connectivity index (χ1v) is 9.63. The lowest BCUT2D eigenvalue weighted by Crippen LogP contribution is -2.33. The Balaban J connectivity index is 1.77. The molecular weight excluding hydrogens is 409 g/mol. The van der Waals surface area contributed by atoms with E-state index in [-0.39, 0.29) is 34.1 Å². The van der Waals surface area contributed by atoms with Crippen molar-refractivity contribution in [3.8, 4) is 11.3 Å². The van der Waals surface area contributed by atoms with Crippen molar-refractivity contribution in [1.29, 1.82) is 0 Å². The third-order valence-corrected chi connectivity index (χ3v) is 4.96. The van der Waals surface area contributed by atoms with Crippen LogP contribution in [0.15, 0.2) is 34.9 Å². The van der Waals surface area contributed by atoms with Crippen LogP contribution in [0.1, 0.15) is 32.8 Å². The van der Waals surface area contributed by atoms with Crippen LogP contribution in [-0.4, -0.2) is 23.5 Å². The van der Waals surface area contributed by atoms with Gasteiger partial charge in [-0.05, 0) is 51.0 Å². The number of halogens is 2. The predicted molar refractivity (Wildman–Crippen MR) is 113 cm³/mol. The molecule has 0 radical (unpaired) electrons. The summed E-state index contributed by atoms with van der Waals surface area (Å²) in [6, 6.07) is 8.09. The number of benzene rings is 2. The van der Waals surface area contributed by atoms with Crippen molar-refractivity contribution < 1.29 is 18.5 Å². The van der Waals surface area contributed by atoms with Gasteiger partial charge in [0.2, 0.25) is 5.91 Å². The summed E-state index contributed by atoms with van der Waals surface area (Å²) in [5, 5.41) is 9.23. The predicted octanol–water partition coefficient (Wildman–Crippen LogP) is 4.74. The van der Waals surface area contributed by atoms with Crippen LogP contribution in [0, 0.1) is 33.5 Å². The summed E-state index contributed by atoms with van der Waals surface area (Å²) >= 11 is 6.09. The molecule has 0 unspecified atom stereocenters. The Morgan fingerprint density at radius 3 is 2.43 bits per heavy atom. The van der Waals surface area contributed by atoms with E-state index in [1.165, 1.54) is 25.1 Å². The van der Waals surface area contributed by atoms with Crippen LogP contribution in [0.4, 0.5) is 10.1 Å². The third-order valence-electron chi connectivity index (χ3n) is 4.64. The standard InChI is InChI=1S/C22H21ClFN3O3/c1-11-8-12(2)20(13(3)9-11)26-17(28)10-25-22(29)18-14(4)30-27-21(18)19-15(23)6-5-7-16(19)24/h5-9H,10H2,1-4H3,(H,25,29)(H,26,28). The molecule has 30 heavy (non-hydrogen) atoms. The Bertz CT molecular complexity index is 1100. The SMILES string of the molecule is Cc1cc(C)c(NC(=O)CNC(=O)c2c(-c3c(F)cccc3Cl)noc2C)c(C)c1. The minimum absolute atomic E-state index is 0.0151. The third kappa shape index (κ3) is 4.36. The molecule has 0 aliphatic rings. The first-order valence-electron chi connectivity index (χ1n) is 9.25. The molecular formula is C22H21ClFN3O3. The van der Waals surface area contributed by atoms with Gasteiger partial charge < -0.3 is 15.2 Å². The Hall–Kier alpha value is -3.19. The van der Waals surface area contributed by atoms with E-state index in [1.807, 2.05) is 32.9 Å². The number of aromatic nitrogens is 1. The van der Waals surface area contributed by atoms with E-state index >= 15 is 0 Å². The lowest BCUT2D eigenvalue weighted by molar-refractivity contribution is -0.115. The highest BCUT2D eigenvalue weighted by Gasteiger charge is 2.25. The topological polar surface area (TPSA) is 84.2 Å². The van der Waals surface area contributed by atoms with Gasteiger partial charge in [0.1, 0.15) is 22.8 Å². The first-order chi connectivity index (χ1) is 14.2. The maximum Gasteiger partial charge on any atom is 0.257 e. The van der Waals surface area contributed by atoms with Crippen molar-refractivity contribution in [2.75, 3.05) is 11.9 Å². The molecule has 0 spiro atoms. The average Bonchev–Trinajstić information content (AvgIpc) is 3.04. The van der Waals surface area contributed by atoms with E-state index < -0.39 is 17.6 Å². The molecule has 0 saturated heterocycles. The largest absolute Gasteiger partial charge is 0.360 e. The Morgan fingerprint density at radius 1 is 1.13 bits per heavy atom. The zero-order valence-corrected chi connectivity index (χ0v) is 17.8. The van der Waals surface area contributed by atoms with Gasteiger partial charge in [-0.2, -0.15) is 0 Å². The normalized spacial score (nSPS) is 10.7. The van der Waals surface area contributed by atoms with E-state index in [9.17, 15) is 14.0 Å². The van der Waals surface area contributed by atoms with Crippen LogP contribution in [0.5, 0.6) is 0 Å². The molecule has 6 nitrogen and oxygen atoms in total. The minimum Gasteiger partial charge on any atom is -0.360 e. The molecule has 3 aromatic rings. The summed E-state index contributed by atoms with van der Waals surface area (Å²) in [6.07, 6.45) is 0. The fraction of sp³-hybridized carbons (Fsp3) is 0.227. The molecule has 0 atom stereocenters. The van der Waals surface area contributed by atoms with Crippen LogP contribution in [0.2, 0.25) is 5.02 Å². The Kier molecular flexibility index (Phi) is 6.22. The van der Waals surface area contributed by atoms with Gasteiger partial charge in [0, 0.05) is 5.69 Å². The lowest BCUT2D eigenvalue weighted by Gasteiger charge is -2.13. The molecule has 1 aromatic heterocycles. The number of hydrogen-bond donors (Lipinski definition) is 2. The quantitative estimate of drug-likeness (QED) is 0.613. The fourth-order valence-corrected chi connectivity index (χ4v) is 3.60. The molecule has 2 aromatic carbocycles. The minimum atomic E-state index is -0.632. The zero-order valence-electron chi connectivity index (χ0n) is 17.0. The summed E-state index contributed by atoms with van der Waals surface area (Å²) < 4.78 is 19.4. The monoisotopic (exact) mass is 429 g/mol. The Morgan fingerprint density at radius 2 is 1.80 bits per heavy atom. The van der Waals surface area contributed by atoms with E-state index in [0.717, 1.165) is 16.7 Å². The highest BCUT2D eigenvalue weighted by atomic mass is 35.5. The molecule has 3 rings (SSSR count). The molecule has 0 fully saturated rings. The molecule has 156 valence electrons. The Labute approximate surface area is 178 Å². The van der Waals surface area contributed by atoms with Gasteiger partial charge in [-0.3, -0.25) is 9.59 Å². The summed E-state index contributed by atoms with van der Waals surface area (Å²) in [5.41, 5.74) is 3.64. The number of carbonyl (C=O) groups is 2. The van der Waals surface area contributed by atoms with Crippen molar-refractivity contribution in [1.82, 2.24) is 10.5 Å². The number of hydrogen-bond acceptors (Lipinski definition) is 4. The molecule has 0 saturated carbocycles. The second-order valence-electron chi connectivity index (χ2n) is 7.06. The summed E-state index contributed by atoms with van der Waals surface area (Å²) in [4.78, 5) is 25.1. The van der Waals surface area contributed by atoms with Gasteiger partial charge in [-0.1, -0.05) is 40.5 Å². The van der Waals surface area contributed by atoms with Crippen molar-refractivity contribution in [3.63, 3.8) is 0 Å². The maximum atomic E-state index is 14.3. The van der Waals surface area contributed by atoms with Crippen LogP contribution in [-0.2, 0) is 4.79 Å². The summed E-state index contributed by atoms with van der Waals surface area (Å²) in [6.45, 7) is 7.03. The zero-order chi connectivity index (χ0) is 22.0. The lowest BCUT2D eigenvalue weighted by atomic mass is 10.0. The van der Waals surface area contributed by atoms with Crippen LogP contribution in [0.3, 0.4) is 0 Å². The molecule has 0 bridgehead atoms. The van der Waals surface area contributed by atoms with Gasteiger partial charge in [-0.25, -0.2) is 4.39 Å². The number of nitrogens with zero attached hydrogens (tertiary/aromatic N) is 1. The second kappa shape index (κ2) is 8.67. The van der Waals surface area contributed by atoms with E-state index in [0.29, 0.717) is 5.69 Å². The van der Waals surface area contributed by atoms with Crippen LogP contribution >= 0.6 is 11.6 Å².